The van der Waals surface area contributed by atoms with E-state index in [9.17, 15) is 0 Å². The van der Waals surface area contributed by atoms with Gasteiger partial charge in [-0.15, -0.1) is 0 Å². The third-order valence-corrected chi connectivity index (χ3v) is 2.21. The van der Waals surface area contributed by atoms with Gasteiger partial charge in [0.1, 0.15) is 0 Å². The molecule has 0 heterocycles. The van der Waals surface area contributed by atoms with Gasteiger partial charge in [0, 0.05) is 11.4 Å². The molecule has 1 N–H and O–H groups in total. The molecule has 0 aliphatic rings. The van der Waals surface area contributed by atoms with Gasteiger partial charge in [-0.3, -0.25) is 0 Å². The lowest BCUT2D eigenvalue weighted by Crippen LogP contribution is -2.00. The summed E-state index contributed by atoms with van der Waals surface area (Å²) in [6, 6.07) is 6.29. The average molecular weight is 175 g/mol. The number of hydrogen-bond donors (Lipinski definition) is 1. The molecule has 0 aliphatic heterocycles. The number of para-hydroxylation sites is 1. The van der Waals surface area contributed by atoms with Crippen molar-refractivity contribution in [1.82, 2.24) is 0 Å². The Hall–Kier alpha value is -1.24. The minimum Gasteiger partial charge on any atom is -0.359 e. The Labute approximate surface area is 80.5 Å². The highest BCUT2D eigenvalue weighted by Crippen LogP contribution is 2.21. The Balaban J connectivity index is 2.93. The maximum atomic E-state index is 3.94. The molecule has 1 aromatic rings. The molecule has 0 unspecified atom stereocenters. The lowest BCUT2D eigenvalue weighted by Gasteiger charge is -2.13. The summed E-state index contributed by atoms with van der Waals surface area (Å²) in [5.74, 6) is 0. The molecule has 0 aromatic heterocycles. The first kappa shape index (κ1) is 9.85. The van der Waals surface area contributed by atoms with Gasteiger partial charge in [-0.1, -0.05) is 31.7 Å². The summed E-state index contributed by atoms with van der Waals surface area (Å²) in [6.45, 7) is 10.3. The van der Waals surface area contributed by atoms with Gasteiger partial charge in [0.25, 0.3) is 0 Å². The van der Waals surface area contributed by atoms with Crippen LogP contribution in [-0.4, -0.2) is 0 Å². The van der Waals surface area contributed by atoms with E-state index in [1.807, 2.05) is 0 Å². The van der Waals surface area contributed by atoms with Crippen LogP contribution in [0.2, 0.25) is 0 Å². The predicted molar refractivity (Wildman–Crippen MR) is 59.0 cm³/mol. The molecule has 0 atom stereocenters. The molecular formula is C12H17N. The zero-order valence-corrected chi connectivity index (χ0v) is 8.65. The molecule has 13 heavy (non-hydrogen) atoms. The molecule has 0 amide bonds. The second-order valence-electron chi connectivity index (χ2n) is 3.35. The highest BCUT2D eigenvalue weighted by Gasteiger charge is 2.00. The summed E-state index contributed by atoms with van der Waals surface area (Å²) >= 11 is 0. The highest BCUT2D eigenvalue weighted by molar-refractivity contribution is 5.59. The van der Waals surface area contributed by atoms with Crippen molar-refractivity contribution in [1.29, 1.82) is 0 Å². The summed E-state index contributed by atoms with van der Waals surface area (Å²) in [7, 11) is 0. The van der Waals surface area contributed by atoms with Gasteiger partial charge in [0.15, 0.2) is 0 Å². The monoisotopic (exact) mass is 175 g/mol. The van der Waals surface area contributed by atoms with Crippen LogP contribution in [0.3, 0.4) is 0 Å². The highest BCUT2D eigenvalue weighted by atomic mass is 14.9. The molecule has 0 radical (unpaired) electrons. The first-order valence-electron chi connectivity index (χ1n) is 4.66. The van der Waals surface area contributed by atoms with Gasteiger partial charge in [-0.2, -0.15) is 0 Å². The van der Waals surface area contributed by atoms with Crippen LogP contribution in [0.4, 0.5) is 5.69 Å². The molecule has 1 nitrogen and oxygen atoms in total. The summed E-state index contributed by atoms with van der Waals surface area (Å²) in [5, 5.41) is 3.33. The van der Waals surface area contributed by atoms with Gasteiger partial charge in [0.05, 0.1) is 0 Å². The van der Waals surface area contributed by atoms with Crippen molar-refractivity contribution in [2.45, 2.75) is 27.2 Å². The van der Waals surface area contributed by atoms with E-state index < -0.39 is 0 Å². The summed E-state index contributed by atoms with van der Waals surface area (Å²) in [4.78, 5) is 0. The quantitative estimate of drug-likeness (QED) is 0.739. The van der Waals surface area contributed by atoms with E-state index in [1.54, 1.807) is 0 Å². The Bertz CT molecular complexity index is 293. The normalized spacial score (nSPS) is 9.77. The fourth-order valence-electron chi connectivity index (χ4n) is 1.28. The minimum atomic E-state index is 0.966. The van der Waals surface area contributed by atoms with Crippen molar-refractivity contribution < 1.29 is 0 Å². The molecule has 0 saturated heterocycles. The van der Waals surface area contributed by atoms with Crippen LogP contribution >= 0.6 is 0 Å². The SMILES string of the molecule is C=C(CC)Nc1c(C)cccc1C. The van der Waals surface area contributed by atoms with E-state index in [0.717, 1.165) is 12.1 Å². The van der Waals surface area contributed by atoms with Crippen LogP contribution < -0.4 is 5.32 Å². The number of aryl methyl sites for hydroxylation is 2. The lowest BCUT2D eigenvalue weighted by atomic mass is 10.1. The molecule has 1 aromatic carbocycles. The van der Waals surface area contributed by atoms with E-state index in [4.69, 9.17) is 0 Å². The maximum absolute atomic E-state index is 3.94. The molecule has 0 saturated carbocycles. The average Bonchev–Trinajstić information content (AvgIpc) is 2.11. The zero-order valence-electron chi connectivity index (χ0n) is 8.65. The van der Waals surface area contributed by atoms with Crippen LogP contribution in [-0.2, 0) is 0 Å². The Kier molecular flexibility index (Phi) is 3.13. The fraction of sp³-hybridized carbons (Fsp3) is 0.333. The van der Waals surface area contributed by atoms with Gasteiger partial charge in [-0.05, 0) is 31.4 Å². The number of anilines is 1. The summed E-state index contributed by atoms with van der Waals surface area (Å²) in [5.41, 5.74) is 4.82. The molecular weight excluding hydrogens is 158 g/mol. The zero-order chi connectivity index (χ0) is 9.84. The van der Waals surface area contributed by atoms with E-state index in [2.05, 4.69) is 50.9 Å². The summed E-state index contributed by atoms with van der Waals surface area (Å²) in [6.07, 6.45) is 0.966. The van der Waals surface area contributed by atoms with Gasteiger partial charge in [-0.25, -0.2) is 0 Å². The molecule has 0 spiro atoms. The van der Waals surface area contributed by atoms with Crippen molar-refractivity contribution in [3.05, 3.63) is 41.6 Å². The van der Waals surface area contributed by atoms with E-state index in [1.165, 1.54) is 16.8 Å². The molecule has 0 aliphatic carbocycles. The van der Waals surface area contributed by atoms with Crippen LogP contribution in [0.1, 0.15) is 24.5 Å². The topological polar surface area (TPSA) is 12.0 Å². The largest absolute Gasteiger partial charge is 0.359 e. The summed E-state index contributed by atoms with van der Waals surface area (Å²) < 4.78 is 0. The molecule has 1 rings (SSSR count). The van der Waals surface area contributed by atoms with Gasteiger partial charge in [0.2, 0.25) is 0 Å². The molecule has 0 bridgehead atoms. The second-order valence-corrected chi connectivity index (χ2v) is 3.35. The Morgan fingerprint density at radius 3 is 2.31 bits per heavy atom. The maximum Gasteiger partial charge on any atom is 0.0441 e. The second kappa shape index (κ2) is 4.13. The van der Waals surface area contributed by atoms with Crippen LogP contribution in [0, 0.1) is 13.8 Å². The van der Waals surface area contributed by atoms with Crippen LogP contribution in [0.25, 0.3) is 0 Å². The minimum absolute atomic E-state index is 0.966. The van der Waals surface area contributed by atoms with Gasteiger partial charge >= 0.3 is 0 Å². The van der Waals surface area contributed by atoms with Crippen LogP contribution in [0.5, 0.6) is 0 Å². The number of rotatable bonds is 3. The third-order valence-electron chi connectivity index (χ3n) is 2.21. The molecule has 70 valence electrons. The van der Waals surface area contributed by atoms with E-state index in [0.29, 0.717) is 0 Å². The van der Waals surface area contributed by atoms with Crippen molar-refractivity contribution >= 4 is 5.69 Å². The van der Waals surface area contributed by atoms with Crippen LogP contribution in [0.15, 0.2) is 30.5 Å². The number of nitrogens with one attached hydrogen (secondary N) is 1. The lowest BCUT2D eigenvalue weighted by molar-refractivity contribution is 1.11. The smallest absolute Gasteiger partial charge is 0.0441 e. The fourth-order valence-corrected chi connectivity index (χ4v) is 1.28. The van der Waals surface area contributed by atoms with Crippen molar-refractivity contribution in [3.8, 4) is 0 Å². The van der Waals surface area contributed by atoms with E-state index in [-0.39, 0.29) is 0 Å². The molecule has 1 heteroatoms. The number of benzene rings is 1. The first-order valence-corrected chi connectivity index (χ1v) is 4.66. The number of allylic oxidation sites excluding steroid dienone is 1. The Morgan fingerprint density at radius 2 is 1.85 bits per heavy atom. The molecule has 0 fully saturated rings. The van der Waals surface area contributed by atoms with Crippen molar-refractivity contribution in [2.75, 3.05) is 5.32 Å². The van der Waals surface area contributed by atoms with Crippen molar-refractivity contribution in [2.24, 2.45) is 0 Å². The number of hydrogen-bond acceptors (Lipinski definition) is 1. The Morgan fingerprint density at radius 1 is 1.31 bits per heavy atom. The van der Waals surface area contributed by atoms with E-state index >= 15 is 0 Å². The van der Waals surface area contributed by atoms with Gasteiger partial charge < -0.3 is 5.32 Å². The third kappa shape index (κ3) is 2.35. The predicted octanol–water partition coefficient (Wildman–Crippen LogP) is 3.64. The van der Waals surface area contributed by atoms with Crippen molar-refractivity contribution in [3.63, 3.8) is 0 Å². The first-order chi connectivity index (χ1) is 6.15. The standard InChI is InChI=1S/C12H17N/c1-5-11(4)13-12-9(2)7-6-8-10(12)3/h6-8,13H,4-5H2,1-3H3.